The minimum absolute atomic E-state index is 0.0452. The van der Waals surface area contributed by atoms with Crippen LogP contribution in [-0.2, 0) is 11.3 Å². The van der Waals surface area contributed by atoms with E-state index in [1.165, 1.54) is 14.6 Å². The Morgan fingerprint density at radius 3 is 2.63 bits per heavy atom. The summed E-state index contributed by atoms with van der Waals surface area (Å²) in [7, 11) is 3.21. The van der Waals surface area contributed by atoms with Gasteiger partial charge in [-0.2, -0.15) is 0 Å². The summed E-state index contributed by atoms with van der Waals surface area (Å²) >= 11 is 1.77. The molecule has 6 nitrogen and oxygen atoms in total. The molecule has 0 unspecified atom stereocenters. The number of ether oxygens (including phenoxy) is 2. The lowest BCUT2D eigenvalue weighted by molar-refractivity contribution is -0.917. The van der Waals surface area contributed by atoms with Crippen LogP contribution in [0.2, 0.25) is 0 Å². The largest absolute Gasteiger partial charge is 0.493 e. The Morgan fingerprint density at radius 2 is 1.90 bits per heavy atom. The molecule has 0 spiro atoms. The van der Waals surface area contributed by atoms with E-state index < -0.39 is 0 Å². The topological polar surface area (TPSA) is 56.1 Å². The molecule has 1 aliphatic heterocycles. The number of aromatic nitrogens is 1. The predicted octanol–water partition coefficient (Wildman–Crippen LogP) is 2.25. The van der Waals surface area contributed by atoms with Crippen LogP contribution in [0.4, 0.5) is 0 Å². The van der Waals surface area contributed by atoms with Crippen molar-refractivity contribution >= 4 is 33.5 Å². The van der Waals surface area contributed by atoms with Crippen molar-refractivity contribution in [2.45, 2.75) is 6.54 Å². The van der Waals surface area contributed by atoms with Gasteiger partial charge in [-0.05, 0) is 35.9 Å². The molecule has 0 saturated carbocycles. The Bertz CT molecular complexity index is 1020. The third-order valence-corrected chi connectivity index (χ3v) is 6.38. The highest BCUT2D eigenvalue weighted by atomic mass is 32.1. The fraction of sp³-hybridized carbons (Fsp3) is 0.304. The normalized spacial score (nSPS) is 15.1. The van der Waals surface area contributed by atoms with Crippen molar-refractivity contribution in [3.05, 3.63) is 59.1 Å². The maximum atomic E-state index is 12.6. The molecule has 1 aromatic heterocycles. The molecule has 0 atom stereocenters. The molecule has 1 N–H and O–H groups in total. The second kappa shape index (κ2) is 9.28. The number of thiazole rings is 1. The number of benzene rings is 2. The molecule has 2 heterocycles. The summed E-state index contributed by atoms with van der Waals surface area (Å²) in [6.45, 7) is 4.31. The van der Waals surface area contributed by atoms with E-state index in [1.807, 2.05) is 35.2 Å². The van der Waals surface area contributed by atoms with Crippen LogP contribution >= 0.6 is 11.3 Å². The first-order valence-electron chi connectivity index (χ1n) is 10.0. The lowest BCUT2D eigenvalue weighted by Gasteiger charge is -2.31. The van der Waals surface area contributed by atoms with Gasteiger partial charge in [-0.15, -0.1) is 11.3 Å². The number of hydrogen-bond acceptors (Lipinski definition) is 5. The van der Waals surface area contributed by atoms with Crippen molar-refractivity contribution in [1.82, 2.24) is 9.88 Å². The summed E-state index contributed by atoms with van der Waals surface area (Å²) < 4.78 is 11.8. The highest BCUT2D eigenvalue weighted by Gasteiger charge is 2.23. The molecule has 2 aromatic carbocycles. The van der Waals surface area contributed by atoms with E-state index in [2.05, 4.69) is 18.2 Å². The van der Waals surface area contributed by atoms with Crippen molar-refractivity contribution in [1.29, 1.82) is 0 Å². The molecule has 1 saturated heterocycles. The maximum absolute atomic E-state index is 12.6. The van der Waals surface area contributed by atoms with Gasteiger partial charge in [0.2, 0.25) is 5.91 Å². The molecule has 30 heavy (non-hydrogen) atoms. The number of amides is 1. The number of piperazine rings is 1. The summed E-state index contributed by atoms with van der Waals surface area (Å²) in [4.78, 5) is 20.7. The number of fused-ring (bicyclic) bond motifs is 1. The van der Waals surface area contributed by atoms with E-state index in [1.54, 1.807) is 31.6 Å². The fourth-order valence-electron chi connectivity index (χ4n) is 3.66. The minimum Gasteiger partial charge on any atom is -0.493 e. The molecule has 4 rings (SSSR count). The molecular formula is C23H26N3O3S+. The highest BCUT2D eigenvalue weighted by Crippen LogP contribution is 2.28. The Labute approximate surface area is 180 Å². The summed E-state index contributed by atoms with van der Waals surface area (Å²) in [6, 6.07) is 13.9. The first-order chi connectivity index (χ1) is 14.7. The molecule has 1 fully saturated rings. The minimum atomic E-state index is 0.0452. The maximum Gasteiger partial charge on any atom is 0.246 e. The molecule has 0 radical (unpaired) electrons. The standard InChI is InChI=1S/C23H25N3O3S/c1-28-19-9-7-17(15-20(19)29-2)8-10-23(27)26-13-11-25(12-14-26)16-22-24-18-5-3-4-6-21(18)30-22/h3-10,15H,11-14,16H2,1-2H3/p+1/b10-8+. The number of carbonyl (C=O) groups excluding carboxylic acids is 1. The van der Waals surface area contributed by atoms with E-state index in [0.29, 0.717) is 11.5 Å². The van der Waals surface area contributed by atoms with Gasteiger partial charge in [0.1, 0.15) is 11.6 Å². The zero-order chi connectivity index (χ0) is 20.9. The number of para-hydroxylation sites is 1. The third-order valence-electron chi connectivity index (χ3n) is 5.35. The van der Waals surface area contributed by atoms with Crippen molar-refractivity contribution in [3.63, 3.8) is 0 Å². The fourth-order valence-corrected chi connectivity index (χ4v) is 4.70. The second-order valence-electron chi connectivity index (χ2n) is 7.28. The number of nitrogens with one attached hydrogen (secondary N) is 1. The number of hydrogen-bond donors (Lipinski definition) is 1. The van der Waals surface area contributed by atoms with Gasteiger partial charge in [-0.1, -0.05) is 18.2 Å². The SMILES string of the molecule is COc1ccc(/C=C/C(=O)N2CC[NH+](Cc3nc4ccccc4s3)CC2)cc1OC. The van der Waals surface area contributed by atoms with Crippen LogP contribution in [0.1, 0.15) is 10.6 Å². The molecule has 156 valence electrons. The second-order valence-corrected chi connectivity index (χ2v) is 8.39. The summed E-state index contributed by atoms with van der Waals surface area (Å²) in [5, 5.41) is 1.17. The zero-order valence-electron chi connectivity index (χ0n) is 17.3. The lowest BCUT2D eigenvalue weighted by atomic mass is 10.2. The van der Waals surface area contributed by atoms with Gasteiger partial charge in [-0.25, -0.2) is 4.98 Å². The average molecular weight is 425 g/mol. The predicted molar refractivity (Wildman–Crippen MR) is 119 cm³/mol. The Morgan fingerprint density at radius 1 is 1.13 bits per heavy atom. The van der Waals surface area contributed by atoms with E-state index in [-0.39, 0.29) is 5.91 Å². The van der Waals surface area contributed by atoms with Crippen LogP contribution in [0, 0.1) is 0 Å². The number of methoxy groups -OCH3 is 2. The van der Waals surface area contributed by atoms with Crippen molar-refractivity contribution in [2.75, 3.05) is 40.4 Å². The Balaban J connectivity index is 1.31. The Hall–Kier alpha value is -2.90. The molecule has 0 bridgehead atoms. The highest BCUT2D eigenvalue weighted by molar-refractivity contribution is 7.18. The van der Waals surface area contributed by atoms with E-state index in [4.69, 9.17) is 14.5 Å². The number of rotatable bonds is 6. The van der Waals surface area contributed by atoms with E-state index >= 15 is 0 Å². The lowest BCUT2D eigenvalue weighted by Crippen LogP contribution is -3.13. The van der Waals surface area contributed by atoms with Crippen molar-refractivity contribution in [2.24, 2.45) is 0 Å². The quantitative estimate of drug-likeness (QED) is 0.617. The first kappa shape index (κ1) is 20.4. The number of carbonyl (C=O) groups is 1. The van der Waals surface area contributed by atoms with Gasteiger partial charge < -0.3 is 19.3 Å². The van der Waals surface area contributed by atoms with Gasteiger partial charge in [-0.3, -0.25) is 4.79 Å². The molecule has 1 amide bonds. The zero-order valence-corrected chi connectivity index (χ0v) is 18.1. The summed E-state index contributed by atoms with van der Waals surface area (Å²) in [6.07, 6.45) is 3.46. The van der Waals surface area contributed by atoms with Gasteiger partial charge in [0.25, 0.3) is 0 Å². The molecule has 0 aliphatic carbocycles. The average Bonchev–Trinajstić information content (AvgIpc) is 3.20. The van der Waals surface area contributed by atoms with Gasteiger partial charge in [0, 0.05) is 6.08 Å². The van der Waals surface area contributed by atoms with E-state index in [9.17, 15) is 4.79 Å². The summed E-state index contributed by atoms with van der Waals surface area (Å²) in [5.41, 5.74) is 1.98. The molecule has 7 heteroatoms. The smallest absolute Gasteiger partial charge is 0.246 e. The van der Waals surface area contributed by atoms with Crippen molar-refractivity contribution in [3.8, 4) is 11.5 Å². The van der Waals surface area contributed by atoms with Crippen molar-refractivity contribution < 1.29 is 19.2 Å². The first-order valence-corrected chi connectivity index (χ1v) is 10.8. The number of nitrogens with zero attached hydrogens (tertiary/aromatic N) is 2. The number of quaternary nitrogens is 1. The van der Waals surface area contributed by atoms with Gasteiger partial charge in [0.05, 0.1) is 50.6 Å². The van der Waals surface area contributed by atoms with Crippen LogP contribution < -0.4 is 14.4 Å². The monoisotopic (exact) mass is 424 g/mol. The van der Waals surface area contributed by atoms with Crippen LogP contribution in [0.5, 0.6) is 11.5 Å². The van der Waals surface area contributed by atoms with Crippen LogP contribution in [-0.4, -0.2) is 56.2 Å². The molecule has 3 aromatic rings. The summed E-state index contributed by atoms with van der Waals surface area (Å²) in [5.74, 6) is 1.37. The van der Waals surface area contributed by atoms with E-state index in [0.717, 1.165) is 43.8 Å². The molecular weight excluding hydrogens is 398 g/mol. The van der Waals surface area contributed by atoms with Crippen LogP contribution in [0.3, 0.4) is 0 Å². The van der Waals surface area contributed by atoms with Crippen LogP contribution in [0.15, 0.2) is 48.5 Å². The van der Waals surface area contributed by atoms with Gasteiger partial charge in [0.15, 0.2) is 11.5 Å². The Kier molecular flexibility index (Phi) is 6.30. The molecule has 1 aliphatic rings. The van der Waals surface area contributed by atoms with Crippen LogP contribution in [0.25, 0.3) is 16.3 Å². The third kappa shape index (κ3) is 4.63. The van der Waals surface area contributed by atoms with Gasteiger partial charge >= 0.3 is 0 Å².